The second-order valence-corrected chi connectivity index (χ2v) is 8.61. The van der Waals surface area contributed by atoms with Crippen LogP contribution in [-0.2, 0) is 21.2 Å². The third-order valence-electron chi connectivity index (χ3n) is 4.47. The monoisotopic (exact) mass is 404 g/mol. The quantitative estimate of drug-likeness (QED) is 0.708. The average Bonchev–Trinajstić information content (AvgIpc) is 2.60. The fourth-order valence-electron chi connectivity index (χ4n) is 3.21. The largest absolute Gasteiger partial charge is 0.497 e. The lowest BCUT2D eigenvalue weighted by molar-refractivity contribution is -0.122. The van der Waals surface area contributed by atoms with Crippen molar-refractivity contribution in [3.8, 4) is 5.75 Å². The predicted octanol–water partition coefficient (Wildman–Crippen LogP) is 2.65. The second-order valence-electron chi connectivity index (χ2n) is 6.96. The van der Waals surface area contributed by atoms with Crippen LogP contribution >= 0.6 is 0 Å². The molecule has 0 saturated heterocycles. The van der Waals surface area contributed by atoms with Crippen molar-refractivity contribution in [3.63, 3.8) is 0 Å². The number of amides is 1. The maximum Gasteiger partial charge on any atom is 0.241 e. The maximum atomic E-state index is 12.8. The highest BCUT2D eigenvalue weighted by Gasteiger charge is 2.25. The number of nitrogens with one attached hydrogen (secondary N) is 2. The highest BCUT2D eigenvalue weighted by Crippen LogP contribution is 2.21. The molecule has 0 bridgehead atoms. The normalized spacial score (nSPS) is 12.5. The molecule has 0 aliphatic heterocycles. The first-order valence-corrected chi connectivity index (χ1v) is 10.6. The number of ether oxygens (including phenoxy) is 1. The second kappa shape index (κ2) is 9.21. The van der Waals surface area contributed by atoms with Gasteiger partial charge in [-0.25, -0.2) is 8.42 Å². The Kier molecular flexibility index (Phi) is 7.21. The maximum absolute atomic E-state index is 12.8. The minimum absolute atomic E-state index is 0.232. The molecule has 28 heavy (non-hydrogen) atoms. The zero-order valence-corrected chi connectivity index (χ0v) is 17.8. The van der Waals surface area contributed by atoms with E-state index < -0.39 is 16.1 Å². The summed E-state index contributed by atoms with van der Waals surface area (Å²) in [4.78, 5) is 12.5. The summed E-state index contributed by atoms with van der Waals surface area (Å²) in [6.07, 6.45) is 0.644. The van der Waals surface area contributed by atoms with Crippen molar-refractivity contribution in [3.05, 3.63) is 58.7 Å². The van der Waals surface area contributed by atoms with E-state index in [9.17, 15) is 13.2 Å². The number of hydrogen-bond donors (Lipinski definition) is 2. The van der Waals surface area contributed by atoms with Gasteiger partial charge >= 0.3 is 0 Å². The van der Waals surface area contributed by atoms with E-state index in [4.69, 9.17) is 4.74 Å². The third kappa shape index (κ3) is 5.56. The predicted molar refractivity (Wildman–Crippen MR) is 110 cm³/mol. The van der Waals surface area contributed by atoms with E-state index in [0.29, 0.717) is 24.1 Å². The van der Waals surface area contributed by atoms with Crippen molar-refractivity contribution in [2.75, 3.05) is 13.7 Å². The van der Waals surface area contributed by atoms with Crippen molar-refractivity contribution in [1.29, 1.82) is 0 Å². The van der Waals surface area contributed by atoms with E-state index in [-0.39, 0.29) is 10.8 Å². The number of hydrogen-bond acceptors (Lipinski definition) is 4. The van der Waals surface area contributed by atoms with Crippen LogP contribution in [0.25, 0.3) is 0 Å². The van der Waals surface area contributed by atoms with Gasteiger partial charge in [0.1, 0.15) is 5.75 Å². The fourth-order valence-corrected chi connectivity index (χ4v) is 4.87. The zero-order chi connectivity index (χ0) is 20.9. The van der Waals surface area contributed by atoms with Crippen LogP contribution in [-0.4, -0.2) is 34.0 Å². The molecular formula is C21H28N2O4S. The van der Waals surface area contributed by atoms with Crippen LogP contribution < -0.4 is 14.8 Å². The van der Waals surface area contributed by atoms with Gasteiger partial charge in [0.2, 0.25) is 15.9 Å². The Balaban J connectivity index is 1.95. The Morgan fingerprint density at radius 3 is 2.18 bits per heavy atom. The number of aryl methyl sites for hydroxylation is 3. The van der Waals surface area contributed by atoms with E-state index >= 15 is 0 Å². The topological polar surface area (TPSA) is 84.5 Å². The van der Waals surface area contributed by atoms with Crippen LogP contribution in [0.4, 0.5) is 0 Å². The van der Waals surface area contributed by atoms with Gasteiger partial charge in [0.15, 0.2) is 0 Å². The van der Waals surface area contributed by atoms with Gasteiger partial charge in [0.05, 0.1) is 18.0 Å². The van der Waals surface area contributed by atoms with Gasteiger partial charge in [-0.3, -0.25) is 4.79 Å². The lowest BCUT2D eigenvalue weighted by Crippen LogP contribution is -2.45. The van der Waals surface area contributed by atoms with Crippen LogP contribution in [0.15, 0.2) is 41.3 Å². The first-order chi connectivity index (χ1) is 13.1. The Morgan fingerprint density at radius 1 is 1.07 bits per heavy atom. The number of carbonyl (C=O) groups is 1. The molecule has 7 heteroatoms. The number of rotatable bonds is 8. The molecule has 0 heterocycles. The third-order valence-corrected chi connectivity index (χ3v) is 6.32. The van der Waals surface area contributed by atoms with E-state index in [2.05, 4.69) is 10.0 Å². The molecule has 1 atom stereocenters. The Hall–Kier alpha value is -2.38. The summed E-state index contributed by atoms with van der Waals surface area (Å²) in [6.45, 7) is 7.39. The molecule has 0 saturated carbocycles. The first kappa shape index (κ1) is 21.9. The molecule has 2 N–H and O–H groups in total. The minimum atomic E-state index is -3.79. The summed E-state index contributed by atoms with van der Waals surface area (Å²) in [5.41, 5.74) is 3.38. The van der Waals surface area contributed by atoms with Crippen molar-refractivity contribution in [2.45, 2.75) is 45.1 Å². The van der Waals surface area contributed by atoms with Gasteiger partial charge in [0.25, 0.3) is 0 Å². The number of carbonyl (C=O) groups excluding carboxylic acids is 1. The van der Waals surface area contributed by atoms with Gasteiger partial charge < -0.3 is 10.1 Å². The molecule has 6 nitrogen and oxygen atoms in total. The summed E-state index contributed by atoms with van der Waals surface area (Å²) >= 11 is 0. The number of sulfonamides is 1. The van der Waals surface area contributed by atoms with Gasteiger partial charge in [0, 0.05) is 6.54 Å². The van der Waals surface area contributed by atoms with E-state index in [0.717, 1.165) is 16.9 Å². The minimum Gasteiger partial charge on any atom is -0.497 e. The molecular weight excluding hydrogens is 376 g/mol. The average molecular weight is 405 g/mol. The van der Waals surface area contributed by atoms with Crippen molar-refractivity contribution in [1.82, 2.24) is 10.0 Å². The summed E-state index contributed by atoms with van der Waals surface area (Å²) in [7, 11) is -2.18. The molecule has 2 aromatic carbocycles. The summed E-state index contributed by atoms with van der Waals surface area (Å²) in [5.74, 6) is 0.414. The van der Waals surface area contributed by atoms with Crippen molar-refractivity contribution >= 4 is 15.9 Å². The summed E-state index contributed by atoms with van der Waals surface area (Å²) < 4.78 is 33.1. The van der Waals surface area contributed by atoms with Crippen LogP contribution in [0, 0.1) is 20.8 Å². The Morgan fingerprint density at radius 2 is 1.64 bits per heavy atom. The first-order valence-electron chi connectivity index (χ1n) is 9.15. The molecule has 0 fully saturated rings. The zero-order valence-electron chi connectivity index (χ0n) is 17.0. The molecule has 0 aliphatic rings. The summed E-state index contributed by atoms with van der Waals surface area (Å²) in [6, 6.07) is 10.4. The van der Waals surface area contributed by atoms with E-state index in [1.165, 1.54) is 0 Å². The van der Waals surface area contributed by atoms with Crippen LogP contribution in [0.3, 0.4) is 0 Å². The van der Waals surface area contributed by atoms with Gasteiger partial charge in [-0.2, -0.15) is 4.72 Å². The molecule has 0 spiro atoms. The highest BCUT2D eigenvalue weighted by atomic mass is 32.2. The lowest BCUT2D eigenvalue weighted by atomic mass is 10.1. The molecule has 0 aromatic heterocycles. The summed E-state index contributed by atoms with van der Waals surface area (Å²) in [5, 5.41) is 2.77. The molecule has 152 valence electrons. The fraction of sp³-hybridized carbons (Fsp3) is 0.381. The van der Waals surface area contributed by atoms with E-state index in [1.807, 2.05) is 43.3 Å². The molecule has 1 unspecified atom stereocenters. The smallest absolute Gasteiger partial charge is 0.241 e. The van der Waals surface area contributed by atoms with Crippen LogP contribution in [0.5, 0.6) is 5.75 Å². The SMILES string of the molecule is COc1ccc(CCNC(=O)C(C)NS(=O)(=O)c2c(C)cc(C)cc2C)cc1. The van der Waals surface area contributed by atoms with Crippen LogP contribution in [0.2, 0.25) is 0 Å². The lowest BCUT2D eigenvalue weighted by Gasteiger charge is -2.17. The van der Waals surface area contributed by atoms with Gasteiger partial charge in [-0.15, -0.1) is 0 Å². The van der Waals surface area contributed by atoms with Crippen molar-refractivity contribution in [2.24, 2.45) is 0 Å². The Labute approximate surface area is 167 Å². The molecule has 0 radical (unpaired) electrons. The number of methoxy groups -OCH3 is 1. The van der Waals surface area contributed by atoms with Crippen molar-refractivity contribution < 1.29 is 17.9 Å². The van der Waals surface area contributed by atoms with Crippen LogP contribution in [0.1, 0.15) is 29.2 Å². The number of benzene rings is 2. The van der Waals surface area contributed by atoms with Gasteiger partial charge in [-0.05, 0) is 62.9 Å². The molecule has 2 rings (SSSR count). The van der Waals surface area contributed by atoms with E-state index in [1.54, 1.807) is 27.9 Å². The highest BCUT2D eigenvalue weighted by molar-refractivity contribution is 7.89. The van der Waals surface area contributed by atoms with Gasteiger partial charge in [-0.1, -0.05) is 29.8 Å². The molecule has 1 amide bonds. The Bertz CT molecular complexity index is 914. The molecule has 0 aliphatic carbocycles. The molecule has 2 aromatic rings. The standard InChI is InChI=1S/C21H28N2O4S/c1-14-12-15(2)20(16(3)13-14)28(25,26)23-17(4)21(24)22-11-10-18-6-8-19(27-5)9-7-18/h6-9,12-13,17,23H,10-11H2,1-5H3,(H,22,24).